The first-order valence-corrected chi connectivity index (χ1v) is 10.6. The van der Waals surface area contributed by atoms with E-state index in [9.17, 15) is 23.7 Å². The van der Waals surface area contributed by atoms with Crippen molar-refractivity contribution in [3.05, 3.63) is 46.5 Å². The Morgan fingerprint density at radius 2 is 1.96 bits per heavy atom. The highest BCUT2D eigenvalue weighted by molar-refractivity contribution is 7.92. The molecule has 1 aliphatic heterocycles. The molecule has 5 nitrogen and oxygen atoms in total. The number of benzene rings is 1. The molecule has 144 valence electrons. The van der Waals surface area contributed by atoms with Gasteiger partial charge in [0.05, 0.1) is 18.5 Å². The summed E-state index contributed by atoms with van der Waals surface area (Å²) < 4.78 is 24.6. The van der Waals surface area contributed by atoms with E-state index in [4.69, 9.17) is 0 Å². The topological polar surface area (TPSA) is 94.8 Å². The Bertz CT molecular complexity index is 805. The molecule has 0 bridgehead atoms. The summed E-state index contributed by atoms with van der Waals surface area (Å²) in [5.74, 6) is 0.109. The largest absolute Gasteiger partial charge is 0.507 e. The van der Waals surface area contributed by atoms with Gasteiger partial charge in [0.25, 0.3) is 0 Å². The second kappa shape index (κ2) is 8.37. The van der Waals surface area contributed by atoms with E-state index in [1.165, 1.54) is 0 Å². The van der Waals surface area contributed by atoms with Crippen LogP contribution in [0.1, 0.15) is 39.2 Å². The fraction of sp³-hybridized carbons (Fsp3) is 0.500. The van der Waals surface area contributed by atoms with Crippen LogP contribution >= 0.6 is 0 Å². The van der Waals surface area contributed by atoms with E-state index in [2.05, 4.69) is 0 Å². The maximum Gasteiger partial charge on any atom is 0.163 e. The Balaban J connectivity index is 2.16. The third-order valence-corrected chi connectivity index (χ3v) is 6.86. The molecule has 0 saturated carbocycles. The molecule has 0 aliphatic carbocycles. The zero-order valence-electron chi connectivity index (χ0n) is 15.5. The number of phenols is 1. The molecule has 3 N–H and O–H groups in total. The molecule has 0 aromatic heterocycles. The molecule has 1 aromatic carbocycles. The molecular formula is C20H28O5S. The molecule has 1 aromatic rings. The fourth-order valence-electron chi connectivity index (χ4n) is 3.41. The molecule has 2 rings (SSSR count). The summed E-state index contributed by atoms with van der Waals surface area (Å²) in [7, 11) is -3.45. The summed E-state index contributed by atoms with van der Waals surface area (Å²) in [6.07, 6.45) is 1.87. The average molecular weight is 381 g/mol. The number of para-hydroxylation sites is 1. The van der Waals surface area contributed by atoms with Gasteiger partial charge in [-0.15, -0.1) is 0 Å². The zero-order valence-corrected chi connectivity index (χ0v) is 16.3. The molecule has 0 spiro atoms. The van der Waals surface area contributed by atoms with E-state index in [-0.39, 0.29) is 17.4 Å². The first kappa shape index (κ1) is 20.7. The SMILES string of the molecule is C/C(=C\c1ccccc1O)CC[C@@H](O)C1=C(C(C)C)CS(=O)(=O)[C@H]1CO. The molecule has 6 heteroatoms. The van der Waals surface area contributed by atoms with Crippen molar-refractivity contribution in [2.45, 2.75) is 45.0 Å². The van der Waals surface area contributed by atoms with E-state index in [0.717, 1.165) is 11.1 Å². The standard InChI is InChI=1S/C20H28O5S/c1-13(2)16-12-26(24,25)19(11-21)20(16)18(23)9-8-14(3)10-15-6-4-5-7-17(15)22/h4-7,10,13,18-19,21-23H,8-9,11-12H2,1-3H3/b14-10+/t18-,19+/m1/s1. The minimum absolute atomic E-state index is 0.00359. The van der Waals surface area contributed by atoms with Crippen molar-refractivity contribution in [2.75, 3.05) is 12.4 Å². The summed E-state index contributed by atoms with van der Waals surface area (Å²) in [6, 6.07) is 7.01. The highest BCUT2D eigenvalue weighted by atomic mass is 32.2. The summed E-state index contributed by atoms with van der Waals surface area (Å²) >= 11 is 0. The Morgan fingerprint density at radius 1 is 1.31 bits per heavy atom. The Labute approximate surface area is 155 Å². The average Bonchev–Trinajstić information content (AvgIpc) is 2.85. The van der Waals surface area contributed by atoms with E-state index >= 15 is 0 Å². The molecule has 2 atom stereocenters. The van der Waals surface area contributed by atoms with E-state index in [0.29, 0.717) is 24.0 Å². The van der Waals surface area contributed by atoms with Crippen LogP contribution in [0.5, 0.6) is 5.75 Å². The molecule has 0 radical (unpaired) electrons. The zero-order chi connectivity index (χ0) is 19.5. The van der Waals surface area contributed by atoms with Crippen LogP contribution in [0, 0.1) is 5.92 Å². The van der Waals surface area contributed by atoms with E-state index in [1.54, 1.807) is 18.2 Å². The van der Waals surface area contributed by atoms with E-state index in [1.807, 2.05) is 32.9 Å². The highest BCUT2D eigenvalue weighted by Gasteiger charge is 2.41. The van der Waals surface area contributed by atoms with Crippen LogP contribution in [-0.4, -0.2) is 47.5 Å². The van der Waals surface area contributed by atoms with Gasteiger partial charge >= 0.3 is 0 Å². The Morgan fingerprint density at radius 3 is 2.54 bits per heavy atom. The number of aromatic hydroxyl groups is 1. The summed E-state index contributed by atoms with van der Waals surface area (Å²) in [6.45, 7) is 5.21. The smallest absolute Gasteiger partial charge is 0.163 e. The number of allylic oxidation sites excluding steroid dienone is 1. The lowest BCUT2D eigenvalue weighted by atomic mass is 9.90. The summed E-state index contributed by atoms with van der Waals surface area (Å²) in [5.41, 5.74) is 2.87. The lowest BCUT2D eigenvalue weighted by Gasteiger charge is -2.20. The third-order valence-electron chi connectivity index (χ3n) is 4.88. The number of aliphatic hydroxyl groups is 2. The molecule has 0 saturated heterocycles. The maximum atomic E-state index is 12.3. The summed E-state index contributed by atoms with van der Waals surface area (Å²) in [5, 5.41) is 29.1. The Kier molecular flexibility index (Phi) is 6.66. The summed E-state index contributed by atoms with van der Waals surface area (Å²) in [4.78, 5) is 0. The van der Waals surface area contributed by atoms with Gasteiger partial charge in [0.15, 0.2) is 9.84 Å². The fourth-order valence-corrected chi connectivity index (χ4v) is 5.47. The van der Waals surface area contributed by atoms with Crippen molar-refractivity contribution >= 4 is 15.9 Å². The van der Waals surface area contributed by atoms with Gasteiger partial charge in [-0.1, -0.05) is 43.7 Å². The van der Waals surface area contributed by atoms with Gasteiger partial charge in [-0.3, -0.25) is 0 Å². The minimum atomic E-state index is -3.45. The van der Waals surface area contributed by atoms with Crippen molar-refractivity contribution in [1.29, 1.82) is 0 Å². The number of aliphatic hydroxyl groups excluding tert-OH is 2. The highest BCUT2D eigenvalue weighted by Crippen LogP contribution is 2.35. The van der Waals surface area contributed by atoms with Gasteiger partial charge in [0.1, 0.15) is 11.0 Å². The quantitative estimate of drug-likeness (QED) is 0.632. The van der Waals surface area contributed by atoms with Gasteiger partial charge in [-0.2, -0.15) is 0 Å². The van der Waals surface area contributed by atoms with Gasteiger partial charge in [-0.25, -0.2) is 8.42 Å². The predicted molar refractivity (Wildman–Crippen MR) is 104 cm³/mol. The molecule has 0 fully saturated rings. The van der Waals surface area contributed by atoms with E-state index < -0.39 is 27.8 Å². The van der Waals surface area contributed by atoms with Gasteiger partial charge in [0, 0.05) is 5.56 Å². The second-order valence-corrected chi connectivity index (χ2v) is 9.40. The normalized spacial score (nSPS) is 21.5. The van der Waals surface area contributed by atoms with Crippen LogP contribution in [0.2, 0.25) is 0 Å². The number of rotatable bonds is 7. The predicted octanol–water partition coefficient (Wildman–Crippen LogP) is 2.68. The third kappa shape index (κ3) is 4.55. The van der Waals surface area contributed by atoms with Crippen molar-refractivity contribution in [1.82, 2.24) is 0 Å². The first-order chi connectivity index (χ1) is 12.2. The Hall–Kier alpha value is -1.63. The molecule has 1 aliphatic rings. The minimum Gasteiger partial charge on any atom is -0.507 e. The molecule has 0 unspecified atom stereocenters. The van der Waals surface area contributed by atoms with Crippen LogP contribution in [0.3, 0.4) is 0 Å². The van der Waals surface area contributed by atoms with Crippen molar-refractivity contribution in [3.63, 3.8) is 0 Å². The van der Waals surface area contributed by atoms with Crippen LogP contribution < -0.4 is 0 Å². The number of hydrogen-bond donors (Lipinski definition) is 3. The van der Waals surface area contributed by atoms with Crippen LogP contribution in [0.15, 0.2) is 41.0 Å². The van der Waals surface area contributed by atoms with Crippen LogP contribution in [0.4, 0.5) is 0 Å². The van der Waals surface area contributed by atoms with Gasteiger partial charge in [0.2, 0.25) is 0 Å². The van der Waals surface area contributed by atoms with Gasteiger partial charge < -0.3 is 15.3 Å². The van der Waals surface area contributed by atoms with Crippen LogP contribution in [-0.2, 0) is 9.84 Å². The van der Waals surface area contributed by atoms with Crippen LogP contribution in [0.25, 0.3) is 6.08 Å². The van der Waals surface area contributed by atoms with Gasteiger partial charge in [-0.05, 0) is 42.9 Å². The first-order valence-electron chi connectivity index (χ1n) is 8.85. The number of sulfone groups is 1. The lowest BCUT2D eigenvalue weighted by molar-refractivity contribution is 0.188. The lowest BCUT2D eigenvalue weighted by Crippen LogP contribution is -2.29. The van der Waals surface area contributed by atoms with Crippen molar-refractivity contribution in [2.24, 2.45) is 5.92 Å². The second-order valence-electron chi connectivity index (χ2n) is 7.22. The number of phenolic OH excluding ortho intramolecular Hbond substituents is 1. The maximum absolute atomic E-state index is 12.3. The molecule has 0 amide bonds. The van der Waals surface area contributed by atoms with Crippen molar-refractivity contribution in [3.8, 4) is 5.75 Å². The van der Waals surface area contributed by atoms with Crippen molar-refractivity contribution < 1.29 is 23.7 Å². The molecular weight excluding hydrogens is 352 g/mol. The molecule has 1 heterocycles. The molecule has 26 heavy (non-hydrogen) atoms. The monoisotopic (exact) mass is 380 g/mol. The number of hydrogen-bond acceptors (Lipinski definition) is 5.